The van der Waals surface area contributed by atoms with Gasteiger partial charge in [-0.2, -0.15) is 5.48 Å². The Labute approximate surface area is 157 Å². The topological polar surface area (TPSA) is 80.7 Å². The van der Waals surface area contributed by atoms with E-state index in [0.29, 0.717) is 18.0 Å². The zero-order valence-electron chi connectivity index (χ0n) is 14.6. The maximum atomic E-state index is 10.7. The Morgan fingerprint density at radius 3 is 2.48 bits per heavy atom. The number of hydrogen-bond acceptors (Lipinski definition) is 5. The summed E-state index contributed by atoms with van der Waals surface area (Å²) in [4.78, 5) is 19.9. The van der Waals surface area contributed by atoms with Crippen LogP contribution in [0, 0.1) is 0 Å². The van der Waals surface area contributed by atoms with Crippen molar-refractivity contribution in [2.75, 3.05) is 6.61 Å². The summed E-state index contributed by atoms with van der Waals surface area (Å²) in [6.07, 6.45) is 1.59. The maximum absolute atomic E-state index is 10.7. The van der Waals surface area contributed by atoms with Crippen molar-refractivity contribution >= 4 is 5.97 Å². The standard InChI is InChI=1S/C13H13NO.C8H7NO3/c1-3-7-12(8-4-1)11-14-15-13-9-5-2-6-10-13;10-8(11)6-4-12-7-5(6)2-1-3-9-7/h1-10,14H,11H2;1-3,6H,4H2,(H,10,11). The van der Waals surface area contributed by atoms with Gasteiger partial charge in [-0.15, -0.1) is 0 Å². The van der Waals surface area contributed by atoms with Crippen LogP contribution in [0.4, 0.5) is 0 Å². The van der Waals surface area contributed by atoms with E-state index in [9.17, 15) is 4.79 Å². The fraction of sp³-hybridized carbons (Fsp3) is 0.143. The molecule has 1 unspecified atom stereocenters. The van der Waals surface area contributed by atoms with E-state index in [0.717, 1.165) is 5.75 Å². The van der Waals surface area contributed by atoms with Crippen LogP contribution in [0.15, 0.2) is 79.0 Å². The highest BCUT2D eigenvalue weighted by molar-refractivity contribution is 5.78. The Hall–Kier alpha value is -3.38. The quantitative estimate of drug-likeness (QED) is 0.675. The number of nitrogens with one attached hydrogen (secondary N) is 1. The molecule has 138 valence electrons. The molecule has 4 rings (SSSR count). The Bertz CT molecular complexity index is 817. The van der Waals surface area contributed by atoms with Crippen LogP contribution in [0.25, 0.3) is 0 Å². The number of nitrogens with zero attached hydrogens (tertiary/aromatic N) is 1. The lowest BCUT2D eigenvalue weighted by atomic mass is 10.0. The third-order valence-electron chi connectivity index (χ3n) is 3.91. The number of pyridine rings is 1. The molecule has 3 aromatic rings. The van der Waals surface area contributed by atoms with Crippen LogP contribution >= 0.6 is 0 Å². The normalized spacial score (nSPS) is 14.3. The molecule has 0 amide bonds. The minimum atomic E-state index is -0.859. The number of aromatic nitrogens is 1. The number of para-hydroxylation sites is 1. The summed E-state index contributed by atoms with van der Waals surface area (Å²) in [5.74, 6) is -0.131. The summed E-state index contributed by atoms with van der Waals surface area (Å²) in [7, 11) is 0. The lowest BCUT2D eigenvalue weighted by molar-refractivity contribution is -0.138. The molecule has 0 saturated heterocycles. The summed E-state index contributed by atoms with van der Waals surface area (Å²) in [6.45, 7) is 0.900. The molecule has 6 heteroatoms. The van der Waals surface area contributed by atoms with Gasteiger partial charge in [-0.1, -0.05) is 54.6 Å². The first kappa shape index (κ1) is 18.4. The smallest absolute Gasteiger partial charge is 0.314 e. The highest BCUT2D eigenvalue weighted by atomic mass is 16.6. The monoisotopic (exact) mass is 364 g/mol. The van der Waals surface area contributed by atoms with Crippen molar-refractivity contribution in [2.24, 2.45) is 0 Å². The van der Waals surface area contributed by atoms with Gasteiger partial charge in [0.2, 0.25) is 5.88 Å². The fourth-order valence-electron chi connectivity index (χ4n) is 2.53. The van der Waals surface area contributed by atoms with E-state index >= 15 is 0 Å². The highest BCUT2D eigenvalue weighted by Crippen LogP contribution is 2.31. The summed E-state index contributed by atoms with van der Waals surface area (Å²) in [5.41, 5.74) is 4.79. The molecular formula is C21H20N2O4. The second kappa shape index (κ2) is 9.35. The second-order valence-electron chi connectivity index (χ2n) is 5.82. The van der Waals surface area contributed by atoms with E-state index in [1.54, 1.807) is 18.3 Å². The van der Waals surface area contributed by atoms with E-state index < -0.39 is 11.9 Å². The van der Waals surface area contributed by atoms with Crippen molar-refractivity contribution in [1.29, 1.82) is 0 Å². The van der Waals surface area contributed by atoms with E-state index in [2.05, 4.69) is 22.6 Å². The first-order valence-corrected chi connectivity index (χ1v) is 8.53. The molecule has 2 aromatic carbocycles. The fourth-order valence-corrected chi connectivity index (χ4v) is 2.53. The number of carbonyl (C=O) groups is 1. The molecule has 6 nitrogen and oxygen atoms in total. The van der Waals surface area contributed by atoms with Crippen LogP contribution < -0.4 is 15.1 Å². The van der Waals surface area contributed by atoms with Crippen LogP contribution in [-0.4, -0.2) is 22.7 Å². The van der Waals surface area contributed by atoms with Crippen molar-refractivity contribution in [3.8, 4) is 11.6 Å². The van der Waals surface area contributed by atoms with Gasteiger partial charge in [0.25, 0.3) is 0 Å². The number of fused-ring (bicyclic) bond motifs is 1. The van der Waals surface area contributed by atoms with Gasteiger partial charge in [0.15, 0.2) is 0 Å². The largest absolute Gasteiger partial charge is 0.481 e. The molecule has 1 aliphatic rings. The van der Waals surface area contributed by atoms with E-state index in [4.69, 9.17) is 14.7 Å². The molecular weight excluding hydrogens is 344 g/mol. The predicted molar refractivity (Wildman–Crippen MR) is 100 cm³/mol. The molecule has 0 spiro atoms. The second-order valence-corrected chi connectivity index (χ2v) is 5.82. The third-order valence-corrected chi connectivity index (χ3v) is 3.91. The summed E-state index contributed by atoms with van der Waals surface area (Å²) in [5, 5.41) is 8.75. The Morgan fingerprint density at radius 1 is 1.07 bits per heavy atom. The molecule has 2 N–H and O–H groups in total. The van der Waals surface area contributed by atoms with Gasteiger partial charge in [-0.25, -0.2) is 4.98 Å². The van der Waals surface area contributed by atoms with Gasteiger partial charge in [-0.05, 0) is 23.8 Å². The van der Waals surface area contributed by atoms with Crippen LogP contribution in [0.5, 0.6) is 11.6 Å². The van der Waals surface area contributed by atoms with Crippen LogP contribution in [0.2, 0.25) is 0 Å². The molecule has 0 radical (unpaired) electrons. The number of aliphatic carboxylic acids is 1. The Kier molecular flexibility index (Phi) is 6.38. The minimum absolute atomic E-state index is 0.196. The molecule has 1 aliphatic heterocycles. The van der Waals surface area contributed by atoms with Crippen LogP contribution in [-0.2, 0) is 11.3 Å². The zero-order valence-corrected chi connectivity index (χ0v) is 14.6. The summed E-state index contributed by atoms with van der Waals surface area (Å²) >= 11 is 0. The lowest BCUT2D eigenvalue weighted by Crippen LogP contribution is -2.17. The molecule has 2 heterocycles. The average Bonchev–Trinajstić information content (AvgIpc) is 3.15. The summed E-state index contributed by atoms with van der Waals surface area (Å²) in [6, 6.07) is 23.3. The predicted octanol–water partition coefficient (Wildman–Crippen LogP) is 3.41. The highest BCUT2D eigenvalue weighted by Gasteiger charge is 2.30. The number of benzene rings is 2. The zero-order chi connectivity index (χ0) is 18.9. The van der Waals surface area contributed by atoms with E-state index in [1.165, 1.54) is 5.56 Å². The molecule has 0 aliphatic carbocycles. The molecule has 0 bridgehead atoms. The molecule has 1 atom stereocenters. The number of carboxylic acids is 1. The van der Waals surface area contributed by atoms with Gasteiger partial charge < -0.3 is 14.7 Å². The van der Waals surface area contributed by atoms with Crippen molar-refractivity contribution < 1.29 is 19.5 Å². The number of hydrogen-bond donors (Lipinski definition) is 2. The Morgan fingerprint density at radius 2 is 1.78 bits per heavy atom. The van der Waals surface area contributed by atoms with E-state index in [1.807, 2.05) is 48.5 Å². The van der Waals surface area contributed by atoms with Crippen molar-refractivity contribution in [1.82, 2.24) is 10.5 Å². The first-order valence-electron chi connectivity index (χ1n) is 8.53. The van der Waals surface area contributed by atoms with Gasteiger partial charge in [-0.3, -0.25) is 4.79 Å². The molecule has 27 heavy (non-hydrogen) atoms. The van der Waals surface area contributed by atoms with Gasteiger partial charge >= 0.3 is 5.97 Å². The first-order chi connectivity index (χ1) is 13.2. The van der Waals surface area contributed by atoms with E-state index in [-0.39, 0.29) is 6.61 Å². The van der Waals surface area contributed by atoms with Gasteiger partial charge in [0.1, 0.15) is 18.3 Å². The average molecular weight is 364 g/mol. The number of rotatable bonds is 5. The SMILES string of the molecule is O=C(O)C1COc2ncccc21.c1ccc(CNOc2ccccc2)cc1. The van der Waals surface area contributed by atoms with Crippen molar-refractivity contribution in [3.05, 3.63) is 90.1 Å². The number of hydroxylamine groups is 1. The molecule has 0 fully saturated rings. The van der Waals surface area contributed by atoms with Gasteiger partial charge in [0.05, 0.1) is 6.54 Å². The number of carboxylic acid groups (broad SMARTS) is 1. The van der Waals surface area contributed by atoms with Crippen LogP contribution in [0.3, 0.4) is 0 Å². The molecule has 1 aromatic heterocycles. The van der Waals surface area contributed by atoms with Crippen molar-refractivity contribution in [3.63, 3.8) is 0 Å². The third kappa shape index (κ3) is 5.29. The maximum Gasteiger partial charge on any atom is 0.314 e. The summed E-state index contributed by atoms with van der Waals surface area (Å²) < 4.78 is 5.08. The van der Waals surface area contributed by atoms with Gasteiger partial charge in [0, 0.05) is 11.8 Å². The van der Waals surface area contributed by atoms with Crippen LogP contribution in [0.1, 0.15) is 17.0 Å². The Balaban J connectivity index is 0.000000159. The van der Waals surface area contributed by atoms with Crippen molar-refractivity contribution in [2.45, 2.75) is 12.5 Å². The molecule has 0 saturated carbocycles. The lowest BCUT2D eigenvalue weighted by Gasteiger charge is -2.06. The minimum Gasteiger partial charge on any atom is -0.481 e. The number of ether oxygens (including phenoxy) is 1.